The molecular weight excluding hydrogens is 478 g/mol. The van der Waals surface area contributed by atoms with Crippen LogP contribution in [0.5, 0.6) is 5.75 Å². The summed E-state index contributed by atoms with van der Waals surface area (Å²) in [7, 11) is -1.68. The number of halogens is 1. The highest BCUT2D eigenvalue weighted by molar-refractivity contribution is 8.16. The number of nitrogens with one attached hydrogen (secondary N) is 1. The minimum Gasteiger partial charge on any atom is -0.495 e. The van der Waals surface area contributed by atoms with E-state index in [9.17, 15) is 18.0 Å². The number of amidine groups is 1. The second-order valence-corrected chi connectivity index (χ2v) is 12.2. The molecule has 2 saturated heterocycles. The first-order valence-corrected chi connectivity index (χ1v) is 13.0. The highest BCUT2D eigenvalue weighted by atomic mass is 35.5. The molecule has 176 valence electrons. The van der Waals surface area contributed by atoms with Crippen LogP contribution in [0.15, 0.2) is 23.2 Å². The third kappa shape index (κ3) is 6.08. The van der Waals surface area contributed by atoms with E-state index in [0.717, 1.165) is 0 Å². The van der Waals surface area contributed by atoms with Crippen LogP contribution in [0.1, 0.15) is 27.2 Å². The Morgan fingerprint density at radius 3 is 2.66 bits per heavy atom. The predicted molar refractivity (Wildman–Crippen MR) is 126 cm³/mol. The number of sulfone groups is 1. The topological polar surface area (TPSA) is 114 Å². The van der Waals surface area contributed by atoms with Crippen molar-refractivity contribution in [1.29, 1.82) is 0 Å². The number of carbonyl (C=O) groups excluding carboxylic acids is 2. The van der Waals surface area contributed by atoms with Gasteiger partial charge in [0.2, 0.25) is 5.91 Å². The minimum absolute atomic E-state index is 0.0197. The van der Waals surface area contributed by atoms with Crippen molar-refractivity contribution in [2.75, 3.05) is 30.1 Å². The van der Waals surface area contributed by atoms with E-state index in [1.165, 1.54) is 18.9 Å². The van der Waals surface area contributed by atoms with Gasteiger partial charge in [-0.05, 0) is 39.0 Å². The lowest BCUT2D eigenvalue weighted by Gasteiger charge is -2.25. The molecule has 2 aliphatic rings. The largest absolute Gasteiger partial charge is 0.495 e. The summed E-state index contributed by atoms with van der Waals surface area (Å²) in [6.07, 6.45) is -0.629. The molecule has 2 atom stereocenters. The maximum absolute atomic E-state index is 12.5. The summed E-state index contributed by atoms with van der Waals surface area (Å²) in [6, 6.07) is 4.76. The van der Waals surface area contributed by atoms with Gasteiger partial charge in [-0.25, -0.2) is 13.2 Å². The van der Waals surface area contributed by atoms with Crippen LogP contribution in [0.4, 0.5) is 10.5 Å². The summed E-state index contributed by atoms with van der Waals surface area (Å²) in [4.78, 5) is 30.2. The van der Waals surface area contributed by atoms with Gasteiger partial charge < -0.3 is 19.7 Å². The van der Waals surface area contributed by atoms with Crippen molar-refractivity contribution in [2.24, 2.45) is 4.99 Å². The molecule has 0 aromatic heterocycles. The molecule has 0 saturated carbocycles. The van der Waals surface area contributed by atoms with E-state index in [-0.39, 0.29) is 35.8 Å². The van der Waals surface area contributed by atoms with Crippen LogP contribution in [-0.4, -0.2) is 67.6 Å². The molecule has 2 amide bonds. The summed E-state index contributed by atoms with van der Waals surface area (Å²) in [5.41, 5.74) is -0.00102. The van der Waals surface area contributed by atoms with Crippen LogP contribution in [0.25, 0.3) is 0 Å². The number of nitrogens with zero attached hydrogens (tertiary/aromatic N) is 2. The molecule has 2 aliphatic heterocycles. The van der Waals surface area contributed by atoms with Crippen LogP contribution in [0.3, 0.4) is 0 Å². The van der Waals surface area contributed by atoms with E-state index in [1.54, 1.807) is 43.9 Å². The van der Waals surface area contributed by atoms with E-state index in [4.69, 9.17) is 21.1 Å². The average molecular weight is 504 g/mol. The molecule has 12 heteroatoms. The van der Waals surface area contributed by atoms with Gasteiger partial charge in [-0.15, -0.1) is 0 Å². The lowest BCUT2D eigenvalue weighted by Crippen LogP contribution is -2.38. The quantitative estimate of drug-likeness (QED) is 0.652. The van der Waals surface area contributed by atoms with Crippen molar-refractivity contribution in [1.82, 2.24) is 5.32 Å². The van der Waals surface area contributed by atoms with Crippen LogP contribution in [-0.2, 0) is 19.4 Å². The fourth-order valence-electron chi connectivity index (χ4n) is 3.42. The van der Waals surface area contributed by atoms with Gasteiger partial charge in [-0.3, -0.25) is 4.79 Å². The summed E-state index contributed by atoms with van der Waals surface area (Å²) >= 11 is 7.54. The molecule has 3 rings (SSSR count). The van der Waals surface area contributed by atoms with Crippen LogP contribution >= 0.6 is 23.4 Å². The second kappa shape index (κ2) is 9.48. The van der Waals surface area contributed by atoms with E-state index in [0.29, 0.717) is 21.6 Å². The first-order valence-electron chi connectivity index (χ1n) is 9.97. The third-order valence-corrected chi connectivity index (χ3v) is 8.21. The number of anilines is 1. The zero-order valence-corrected chi connectivity index (χ0v) is 20.6. The van der Waals surface area contributed by atoms with E-state index < -0.39 is 27.4 Å². The van der Waals surface area contributed by atoms with Crippen LogP contribution in [0.2, 0.25) is 5.02 Å². The van der Waals surface area contributed by atoms with E-state index in [1.807, 2.05) is 0 Å². The van der Waals surface area contributed by atoms with E-state index in [2.05, 4.69) is 10.3 Å². The standard InChI is InChI=1S/C20H26ClN3O6S2/c1-20(2,3)30-19(26)22-8-7-17(25)23-18-24(12-5-6-15(29-4)13(21)9-12)14-10-32(27,28)11-16(14)31-18/h5-6,9,14,16H,7-8,10-11H2,1-4H3,(H,22,26)/t14-,16-/m0/s1. The van der Waals surface area contributed by atoms with Gasteiger partial charge >= 0.3 is 6.09 Å². The summed E-state index contributed by atoms with van der Waals surface area (Å²) in [5, 5.41) is 3.08. The Bertz CT molecular complexity index is 1040. The highest BCUT2D eigenvalue weighted by Gasteiger charge is 2.49. The number of alkyl carbamates (subject to hydrolysis) is 1. The van der Waals surface area contributed by atoms with Gasteiger partial charge in [-0.2, -0.15) is 4.99 Å². The Hall–Kier alpha value is -1.98. The Morgan fingerprint density at radius 1 is 1.31 bits per heavy atom. The Balaban J connectivity index is 1.75. The molecule has 32 heavy (non-hydrogen) atoms. The van der Waals surface area contributed by atoms with Crippen molar-refractivity contribution in [3.63, 3.8) is 0 Å². The number of carbonyl (C=O) groups is 2. The number of methoxy groups -OCH3 is 1. The van der Waals surface area contributed by atoms with Crippen molar-refractivity contribution in [3.8, 4) is 5.75 Å². The number of benzene rings is 1. The smallest absolute Gasteiger partial charge is 0.407 e. The normalized spacial score (nSPS) is 23.2. The minimum atomic E-state index is -3.18. The van der Waals surface area contributed by atoms with Gasteiger partial charge in [0, 0.05) is 23.9 Å². The molecule has 0 bridgehead atoms. The van der Waals surface area contributed by atoms with Gasteiger partial charge in [0.1, 0.15) is 11.4 Å². The number of hydrogen-bond donors (Lipinski definition) is 1. The van der Waals surface area contributed by atoms with Crippen molar-refractivity contribution >= 4 is 56.1 Å². The van der Waals surface area contributed by atoms with Gasteiger partial charge in [-0.1, -0.05) is 23.4 Å². The van der Waals surface area contributed by atoms with Crippen molar-refractivity contribution in [3.05, 3.63) is 23.2 Å². The Morgan fingerprint density at radius 2 is 2.03 bits per heavy atom. The van der Waals surface area contributed by atoms with Gasteiger partial charge in [0.25, 0.3) is 0 Å². The molecule has 2 fully saturated rings. The monoisotopic (exact) mass is 503 g/mol. The average Bonchev–Trinajstić information content (AvgIpc) is 3.10. The zero-order chi connectivity index (χ0) is 23.7. The zero-order valence-electron chi connectivity index (χ0n) is 18.3. The molecule has 1 aromatic rings. The summed E-state index contributed by atoms with van der Waals surface area (Å²) < 4.78 is 34.7. The van der Waals surface area contributed by atoms with Crippen LogP contribution in [0, 0.1) is 0 Å². The number of thioether (sulfide) groups is 1. The fraction of sp³-hybridized carbons (Fsp3) is 0.550. The van der Waals surface area contributed by atoms with Crippen molar-refractivity contribution in [2.45, 2.75) is 44.1 Å². The first kappa shape index (κ1) is 24.7. The lowest BCUT2D eigenvalue weighted by atomic mass is 10.2. The molecule has 2 heterocycles. The number of fused-ring (bicyclic) bond motifs is 1. The lowest BCUT2D eigenvalue weighted by molar-refractivity contribution is -0.117. The Kier molecular flexibility index (Phi) is 7.31. The van der Waals surface area contributed by atoms with E-state index >= 15 is 0 Å². The van der Waals surface area contributed by atoms with Crippen molar-refractivity contribution < 1.29 is 27.5 Å². The van der Waals surface area contributed by atoms with Gasteiger partial charge in [0.15, 0.2) is 15.0 Å². The summed E-state index contributed by atoms with van der Waals surface area (Å²) in [5.74, 6) is 0.0503. The predicted octanol–water partition coefficient (Wildman–Crippen LogP) is 2.86. The molecule has 1 aromatic carbocycles. The number of ether oxygens (including phenoxy) is 2. The number of hydrogen-bond acceptors (Lipinski definition) is 7. The number of amides is 2. The Labute approximate surface area is 196 Å². The molecular formula is C20H26ClN3O6S2. The maximum atomic E-state index is 12.5. The molecule has 1 N–H and O–H groups in total. The molecule has 0 spiro atoms. The molecule has 0 unspecified atom stereocenters. The maximum Gasteiger partial charge on any atom is 0.407 e. The van der Waals surface area contributed by atoms with Crippen LogP contribution < -0.4 is 15.0 Å². The van der Waals surface area contributed by atoms with Gasteiger partial charge in [0.05, 0.1) is 29.7 Å². The SMILES string of the molecule is COc1ccc(N2C(=NC(=O)CCNC(=O)OC(C)(C)C)S[C@H]3CS(=O)(=O)C[C@@H]32)cc1Cl. The fourth-order valence-corrected chi connectivity index (χ4v) is 7.60. The third-order valence-electron chi connectivity index (χ3n) is 4.71. The number of aliphatic imine (C=N–C) groups is 1. The molecule has 0 aliphatic carbocycles. The first-order chi connectivity index (χ1) is 14.9. The second-order valence-electron chi connectivity index (χ2n) is 8.46. The highest BCUT2D eigenvalue weighted by Crippen LogP contribution is 2.42. The number of rotatable bonds is 5. The summed E-state index contributed by atoms with van der Waals surface area (Å²) in [6.45, 7) is 5.32. The molecule has 0 radical (unpaired) electrons. The molecule has 9 nitrogen and oxygen atoms in total.